The number of nitrogens with two attached hydrogens (primary N) is 1. The van der Waals surface area contributed by atoms with Crippen LogP contribution >= 0.6 is 0 Å². The summed E-state index contributed by atoms with van der Waals surface area (Å²) in [6.07, 6.45) is 4.58. The highest BCUT2D eigenvalue weighted by molar-refractivity contribution is 4.90. The van der Waals surface area contributed by atoms with Gasteiger partial charge < -0.3 is 10.2 Å². The molecule has 14 heavy (non-hydrogen) atoms. The maximum Gasteiger partial charge on any atom is 0.230 e. The van der Waals surface area contributed by atoms with Gasteiger partial charge in [0, 0.05) is 5.92 Å². The Balaban J connectivity index is 2.58. The second kappa shape index (κ2) is 5.75. The van der Waals surface area contributed by atoms with E-state index in [1.165, 1.54) is 12.8 Å². The van der Waals surface area contributed by atoms with Gasteiger partial charge in [0.1, 0.15) is 0 Å². The number of hydrogen-bond donors (Lipinski definition) is 1. The third-order valence-electron chi connectivity index (χ3n) is 2.41. The second-order valence-corrected chi connectivity index (χ2v) is 3.49. The van der Waals surface area contributed by atoms with Gasteiger partial charge in [-0.1, -0.05) is 26.7 Å². The molecule has 1 rings (SSSR count). The summed E-state index contributed by atoms with van der Waals surface area (Å²) in [6.45, 7) is 4.66. The Morgan fingerprint density at radius 3 is 2.64 bits per heavy atom. The SMILES string of the molecule is CCCCC(CC)c1nnc(CN)o1. The van der Waals surface area contributed by atoms with E-state index >= 15 is 0 Å². The van der Waals surface area contributed by atoms with E-state index in [1.807, 2.05) is 0 Å². The molecule has 0 saturated heterocycles. The number of aromatic nitrogens is 2. The first-order valence-corrected chi connectivity index (χ1v) is 5.34. The first-order chi connectivity index (χ1) is 6.81. The summed E-state index contributed by atoms with van der Waals surface area (Å²) >= 11 is 0. The number of hydrogen-bond acceptors (Lipinski definition) is 4. The largest absolute Gasteiger partial charge is 0.424 e. The minimum Gasteiger partial charge on any atom is -0.424 e. The van der Waals surface area contributed by atoms with E-state index in [0.717, 1.165) is 18.7 Å². The molecule has 0 spiro atoms. The zero-order valence-electron chi connectivity index (χ0n) is 8.99. The molecule has 0 aliphatic rings. The molecule has 0 aliphatic heterocycles. The fraction of sp³-hybridized carbons (Fsp3) is 0.800. The van der Waals surface area contributed by atoms with Crippen molar-refractivity contribution in [1.82, 2.24) is 10.2 Å². The molecule has 0 fully saturated rings. The highest BCUT2D eigenvalue weighted by Gasteiger charge is 2.15. The highest BCUT2D eigenvalue weighted by atomic mass is 16.4. The van der Waals surface area contributed by atoms with E-state index in [0.29, 0.717) is 18.4 Å². The van der Waals surface area contributed by atoms with Crippen LogP contribution in [0.2, 0.25) is 0 Å². The van der Waals surface area contributed by atoms with Gasteiger partial charge in [0.05, 0.1) is 6.54 Å². The molecule has 1 heterocycles. The summed E-state index contributed by atoms with van der Waals surface area (Å²) < 4.78 is 5.44. The highest BCUT2D eigenvalue weighted by Crippen LogP contribution is 2.23. The molecule has 1 unspecified atom stereocenters. The molecule has 0 radical (unpaired) electrons. The van der Waals surface area contributed by atoms with Gasteiger partial charge in [0.2, 0.25) is 11.8 Å². The first-order valence-electron chi connectivity index (χ1n) is 5.34. The molecule has 0 aromatic carbocycles. The van der Waals surface area contributed by atoms with Gasteiger partial charge in [-0.25, -0.2) is 0 Å². The van der Waals surface area contributed by atoms with Gasteiger partial charge >= 0.3 is 0 Å². The number of rotatable bonds is 6. The molecule has 80 valence electrons. The van der Waals surface area contributed by atoms with Gasteiger partial charge in [-0.05, 0) is 12.8 Å². The Kier molecular flexibility index (Phi) is 4.59. The van der Waals surface area contributed by atoms with Crippen molar-refractivity contribution in [2.24, 2.45) is 5.73 Å². The van der Waals surface area contributed by atoms with Gasteiger partial charge in [-0.3, -0.25) is 0 Å². The normalized spacial score (nSPS) is 13.1. The van der Waals surface area contributed by atoms with Crippen LogP contribution in [0.3, 0.4) is 0 Å². The van der Waals surface area contributed by atoms with Gasteiger partial charge in [0.25, 0.3) is 0 Å². The second-order valence-electron chi connectivity index (χ2n) is 3.49. The average Bonchev–Trinajstić information content (AvgIpc) is 2.68. The van der Waals surface area contributed by atoms with Crippen LogP contribution in [0.25, 0.3) is 0 Å². The lowest BCUT2D eigenvalue weighted by atomic mass is 10.00. The van der Waals surface area contributed by atoms with Crippen molar-refractivity contribution in [3.8, 4) is 0 Å². The van der Waals surface area contributed by atoms with E-state index in [-0.39, 0.29) is 0 Å². The van der Waals surface area contributed by atoms with Gasteiger partial charge in [-0.2, -0.15) is 0 Å². The maximum absolute atomic E-state index is 5.44. The van der Waals surface area contributed by atoms with E-state index in [9.17, 15) is 0 Å². The van der Waals surface area contributed by atoms with E-state index in [2.05, 4.69) is 24.0 Å². The number of nitrogens with zero attached hydrogens (tertiary/aromatic N) is 2. The molecular weight excluding hydrogens is 178 g/mol. The summed E-state index contributed by atoms with van der Waals surface area (Å²) in [7, 11) is 0. The smallest absolute Gasteiger partial charge is 0.230 e. The quantitative estimate of drug-likeness (QED) is 0.759. The van der Waals surface area contributed by atoms with Gasteiger partial charge in [-0.15, -0.1) is 10.2 Å². The van der Waals surface area contributed by atoms with Gasteiger partial charge in [0.15, 0.2) is 0 Å². The number of unbranched alkanes of at least 4 members (excludes halogenated alkanes) is 1. The zero-order chi connectivity index (χ0) is 10.4. The predicted molar refractivity (Wildman–Crippen MR) is 54.7 cm³/mol. The third-order valence-corrected chi connectivity index (χ3v) is 2.41. The Bertz CT molecular complexity index is 260. The van der Waals surface area contributed by atoms with Crippen molar-refractivity contribution in [2.75, 3.05) is 0 Å². The Labute approximate surface area is 84.9 Å². The fourth-order valence-corrected chi connectivity index (χ4v) is 1.47. The van der Waals surface area contributed by atoms with Crippen molar-refractivity contribution in [3.05, 3.63) is 11.8 Å². The Hall–Kier alpha value is -0.900. The maximum atomic E-state index is 5.44. The Morgan fingerprint density at radius 2 is 2.14 bits per heavy atom. The van der Waals surface area contributed by atoms with Crippen molar-refractivity contribution in [1.29, 1.82) is 0 Å². The minimum absolute atomic E-state index is 0.331. The molecule has 1 aromatic heterocycles. The summed E-state index contributed by atoms with van der Waals surface area (Å²) in [6, 6.07) is 0. The van der Waals surface area contributed by atoms with Crippen molar-refractivity contribution < 1.29 is 4.42 Å². The van der Waals surface area contributed by atoms with Crippen molar-refractivity contribution in [3.63, 3.8) is 0 Å². The molecule has 0 saturated carbocycles. The average molecular weight is 197 g/mol. The van der Waals surface area contributed by atoms with Crippen LogP contribution in [0, 0.1) is 0 Å². The van der Waals surface area contributed by atoms with Crippen LogP contribution in [0.1, 0.15) is 57.2 Å². The molecule has 4 heteroatoms. The molecule has 0 bridgehead atoms. The molecule has 2 N–H and O–H groups in total. The third kappa shape index (κ3) is 2.80. The summed E-state index contributed by atoms with van der Waals surface area (Å²) in [4.78, 5) is 0. The van der Waals surface area contributed by atoms with Crippen LogP contribution in [-0.4, -0.2) is 10.2 Å². The van der Waals surface area contributed by atoms with Crippen LogP contribution < -0.4 is 5.73 Å². The van der Waals surface area contributed by atoms with Crippen LogP contribution in [-0.2, 0) is 6.54 Å². The summed E-state index contributed by atoms with van der Waals surface area (Å²) in [5.74, 6) is 1.69. The molecule has 0 aliphatic carbocycles. The standard InChI is InChI=1S/C10H19N3O/c1-3-5-6-8(4-2)10-13-12-9(7-11)14-10/h8H,3-7,11H2,1-2H3. The topological polar surface area (TPSA) is 64.9 Å². The predicted octanol–water partition coefficient (Wildman–Crippen LogP) is 2.21. The van der Waals surface area contributed by atoms with Crippen LogP contribution in [0.5, 0.6) is 0 Å². The fourth-order valence-electron chi connectivity index (χ4n) is 1.47. The van der Waals surface area contributed by atoms with E-state index in [1.54, 1.807) is 0 Å². The molecular formula is C10H19N3O. The molecule has 1 aromatic rings. The first kappa shape index (κ1) is 11.2. The van der Waals surface area contributed by atoms with E-state index in [4.69, 9.17) is 10.2 Å². The van der Waals surface area contributed by atoms with E-state index < -0.39 is 0 Å². The minimum atomic E-state index is 0.331. The lowest BCUT2D eigenvalue weighted by molar-refractivity contribution is 0.394. The van der Waals surface area contributed by atoms with Crippen LogP contribution in [0.15, 0.2) is 4.42 Å². The molecule has 4 nitrogen and oxygen atoms in total. The summed E-state index contributed by atoms with van der Waals surface area (Å²) in [5, 5.41) is 7.88. The molecule has 0 amide bonds. The van der Waals surface area contributed by atoms with Crippen molar-refractivity contribution in [2.45, 2.75) is 52.0 Å². The zero-order valence-corrected chi connectivity index (χ0v) is 8.99. The molecule has 1 atom stereocenters. The monoisotopic (exact) mass is 197 g/mol. The van der Waals surface area contributed by atoms with Crippen molar-refractivity contribution >= 4 is 0 Å². The van der Waals surface area contributed by atoms with Crippen LogP contribution in [0.4, 0.5) is 0 Å². The Morgan fingerprint density at radius 1 is 1.36 bits per heavy atom. The lowest BCUT2D eigenvalue weighted by Crippen LogP contribution is -1.97. The summed E-state index contributed by atoms with van der Waals surface area (Å²) in [5.41, 5.74) is 5.41. The lowest BCUT2D eigenvalue weighted by Gasteiger charge is -2.08.